The van der Waals surface area contributed by atoms with Crippen LogP contribution in [0.2, 0.25) is 0 Å². The lowest BCUT2D eigenvalue weighted by Crippen LogP contribution is -2.43. The van der Waals surface area contributed by atoms with Gasteiger partial charge in [0, 0.05) is 26.9 Å². The Balaban J connectivity index is 4.15. The molecule has 0 rings (SSSR count). The van der Waals surface area contributed by atoms with Gasteiger partial charge in [0.05, 0.1) is 6.04 Å². The van der Waals surface area contributed by atoms with Crippen LogP contribution in [0.25, 0.3) is 0 Å². The van der Waals surface area contributed by atoms with Gasteiger partial charge in [0.1, 0.15) is 0 Å². The molecule has 17 heavy (non-hydrogen) atoms. The molecule has 4 nitrogen and oxygen atoms in total. The molecule has 0 aliphatic rings. The Bertz CT molecular complexity index is 150. The number of methoxy groups -OCH3 is 1. The monoisotopic (exact) mass is 247 g/mol. The third kappa shape index (κ3) is 8.55. The summed E-state index contributed by atoms with van der Waals surface area (Å²) in [5, 5.41) is 3.49. The standard InChI is InChI=1S/C13H29NO3/c1-5-10-14-12(9-8-11-15-4)13(16-6-2)17-7-3/h12-14H,5-11H2,1-4H3. The predicted molar refractivity (Wildman–Crippen MR) is 70.2 cm³/mol. The third-order valence-electron chi connectivity index (χ3n) is 2.51. The van der Waals surface area contributed by atoms with E-state index < -0.39 is 0 Å². The normalized spacial score (nSPS) is 13.2. The van der Waals surface area contributed by atoms with Crippen LogP contribution in [-0.2, 0) is 14.2 Å². The minimum atomic E-state index is -0.145. The highest BCUT2D eigenvalue weighted by Crippen LogP contribution is 2.09. The lowest BCUT2D eigenvalue weighted by molar-refractivity contribution is -0.155. The SMILES string of the molecule is CCCNC(CCCOC)C(OCC)OCC. The summed E-state index contributed by atoms with van der Waals surface area (Å²) in [6.07, 6.45) is 3.01. The molecule has 0 amide bonds. The fourth-order valence-electron chi connectivity index (χ4n) is 1.72. The van der Waals surface area contributed by atoms with Crippen LogP contribution >= 0.6 is 0 Å². The van der Waals surface area contributed by atoms with Gasteiger partial charge in [0.25, 0.3) is 0 Å². The van der Waals surface area contributed by atoms with Gasteiger partial charge in [0.2, 0.25) is 0 Å². The van der Waals surface area contributed by atoms with Gasteiger partial charge in [-0.05, 0) is 39.7 Å². The van der Waals surface area contributed by atoms with Gasteiger partial charge in [0.15, 0.2) is 6.29 Å². The van der Waals surface area contributed by atoms with Gasteiger partial charge < -0.3 is 19.5 Å². The maximum Gasteiger partial charge on any atom is 0.172 e. The van der Waals surface area contributed by atoms with Crippen LogP contribution in [-0.4, -0.2) is 45.8 Å². The van der Waals surface area contributed by atoms with E-state index in [0.29, 0.717) is 13.2 Å². The maximum atomic E-state index is 5.65. The highest BCUT2D eigenvalue weighted by Gasteiger charge is 2.21. The first-order chi connectivity index (χ1) is 8.29. The Kier molecular flexibility index (Phi) is 12.2. The fraction of sp³-hybridized carbons (Fsp3) is 1.00. The largest absolute Gasteiger partial charge is 0.385 e. The van der Waals surface area contributed by atoms with Gasteiger partial charge in [-0.1, -0.05) is 6.92 Å². The van der Waals surface area contributed by atoms with E-state index >= 15 is 0 Å². The summed E-state index contributed by atoms with van der Waals surface area (Å²) in [4.78, 5) is 0. The minimum Gasteiger partial charge on any atom is -0.385 e. The second kappa shape index (κ2) is 12.3. The van der Waals surface area contributed by atoms with Gasteiger partial charge >= 0.3 is 0 Å². The lowest BCUT2D eigenvalue weighted by atomic mass is 10.1. The minimum absolute atomic E-state index is 0.145. The molecule has 0 aliphatic heterocycles. The number of ether oxygens (including phenoxy) is 3. The van der Waals surface area contributed by atoms with Crippen molar-refractivity contribution in [3.8, 4) is 0 Å². The second-order valence-corrected chi connectivity index (χ2v) is 3.97. The molecule has 1 atom stereocenters. The van der Waals surface area contributed by atoms with Crippen LogP contribution in [0, 0.1) is 0 Å². The number of nitrogens with one attached hydrogen (secondary N) is 1. The molecule has 1 unspecified atom stereocenters. The molecule has 0 saturated heterocycles. The topological polar surface area (TPSA) is 39.7 Å². The summed E-state index contributed by atoms with van der Waals surface area (Å²) in [5.74, 6) is 0. The van der Waals surface area contributed by atoms with Gasteiger partial charge in [-0.25, -0.2) is 0 Å². The molecule has 0 aromatic heterocycles. The van der Waals surface area contributed by atoms with Crippen LogP contribution in [0.1, 0.15) is 40.0 Å². The zero-order valence-corrected chi connectivity index (χ0v) is 11.8. The van der Waals surface area contributed by atoms with Crippen LogP contribution in [0.4, 0.5) is 0 Å². The first-order valence-electron chi connectivity index (χ1n) is 6.75. The number of rotatable bonds is 12. The molecule has 0 bridgehead atoms. The highest BCUT2D eigenvalue weighted by molar-refractivity contribution is 4.71. The van der Waals surface area contributed by atoms with Crippen LogP contribution < -0.4 is 5.32 Å². The first-order valence-corrected chi connectivity index (χ1v) is 6.75. The Morgan fingerprint density at radius 2 is 1.71 bits per heavy atom. The maximum absolute atomic E-state index is 5.65. The molecule has 0 spiro atoms. The molecule has 0 radical (unpaired) electrons. The van der Waals surface area contributed by atoms with E-state index in [1.165, 1.54) is 0 Å². The zero-order valence-electron chi connectivity index (χ0n) is 11.8. The van der Waals surface area contributed by atoms with Crippen molar-refractivity contribution >= 4 is 0 Å². The fourth-order valence-corrected chi connectivity index (χ4v) is 1.72. The van der Waals surface area contributed by atoms with E-state index in [2.05, 4.69) is 12.2 Å². The van der Waals surface area contributed by atoms with Crippen molar-refractivity contribution in [1.82, 2.24) is 5.32 Å². The Morgan fingerprint density at radius 3 is 2.18 bits per heavy atom. The van der Waals surface area contributed by atoms with Crippen molar-refractivity contribution < 1.29 is 14.2 Å². The van der Waals surface area contributed by atoms with Crippen molar-refractivity contribution in [3.05, 3.63) is 0 Å². The smallest absolute Gasteiger partial charge is 0.172 e. The number of hydrogen-bond donors (Lipinski definition) is 1. The van der Waals surface area contributed by atoms with Crippen molar-refractivity contribution in [3.63, 3.8) is 0 Å². The van der Waals surface area contributed by atoms with E-state index in [9.17, 15) is 0 Å². The Morgan fingerprint density at radius 1 is 1.06 bits per heavy atom. The molecule has 0 aromatic rings. The van der Waals surface area contributed by atoms with Crippen molar-refractivity contribution in [2.45, 2.75) is 52.4 Å². The van der Waals surface area contributed by atoms with Crippen molar-refractivity contribution in [1.29, 1.82) is 0 Å². The van der Waals surface area contributed by atoms with Gasteiger partial charge in [-0.3, -0.25) is 0 Å². The summed E-state index contributed by atoms with van der Waals surface area (Å²) in [5.41, 5.74) is 0. The van der Waals surface area contributed by atoms with Gasteiger partial charge in [-0.15, -0.1) is 0 Å². The van der Waals surface area contributed by atoms with E-state index in [1.807, 2.05) is 13.8 Å². The molecule has 0 saturated carbocycles. The number of hydrogen-bond acceptors (Lipinski definition) is 4. The molecular weight excluding hydrogens is 218 g/mol. The lowest BCUT2D eigenvalue weighted by Gasteiger charge is -2.27. The summed E-state index contributed by atoms with van der Waals surface area (Å²) in [6, 6.07) is 0.255. The van der Waals surface area contributed by atoms with Crippen molar-refractivity contribution in [2.75, 3.05) is 33.5 Å². The van der Waals surface area contributed by atoms with E-state index in [4.69, 9.17) is 14.2 Å². The second-order valence-electron chi connectivity index (χ2n) is 3.97. The Labute approximate surface area is 106 Å². The summed E-state index contributed by atoms with van der Waals surface area (Å²) in [6.45, 7) is 9.30. The van der Waals surface area contributed by atoms with Crippen LogP contribution in [0.15, 0.2) is 0 Å². The summed E-state index contributed by atoms with van der Waals surface area (Å²) < 4.78 is 16.4. The molecular formula is C13H29NO3. The molecule has 104 valence electrons. The predicted octanol–water partition coefficient (Wildman–Crippen LogP) is 2.18. The molecule has 0 aliphatic carbocycles. The average Bonchev–Trinajstić information content (AvgIpc) is 2.33. The van der Waals surface area contributed by atoms with Gasteiger partial charge in [-0.2, -0.15) is 0 Å². The first kappa shape index (κ1) is 16.8. The van der Waals surface area contributed by atoms with Crippen LogP contribution in [0.3, 0.4) is 0 Å². The third-order valence-corrected chi connectivity index (χ3v) is 2.51. The van der Waals surface area contributed by atoms with Crippen molar-refractivity contribution in [2.24, 2.45) is 0 Å². The summed E-state index contributed by atoms with van der Waals surface area (Å²) >= 11 is 0. The molecule has 1 N–H and O–H groups in total. The van der Waals surface area contributed by atoms with E-state index in [1.54, 1.807) is 7.11 Å². The van der Waals surface area contributed by atoms with Crippen LogP contribution in [0.5, 0.6) is 0 Å². The zero-order chi connectivity index (χ0) is 12.9. The van der Waals surface area contributed by atoms with E-state index in [0.717, 1.165) is 32.4 Å². The average molecular weight is 247 g/mol. The summed E-state index contributed by atoms with van der Waals surface area (Å²) in [7, 11) is 1.73. The molecule has 0 aromatic carbocycles. The molecule has 0 heterocycles. The highest BCUT2D eigenvalue weighted by atomic mass is 16.7. The molecule has 4 heteroatoms. The molecule has 0 fully saturated rings. The van der Waals surface area contributed by atoms with E-state index in [-0.39, 0.29) is 12.3 Å². The Hall–Kier alpha value is -0.160. The quantitative estimate of drug-likeness (QED) is 0.424.